The highest BCUT2D eigenvalue weighted by molar-refractivity contribution is 5.03. The van der Waals surface area contributed by atoms with Crippen LogP contribution >= 0.6 is 0 Å². The van der Waals surface area contributed by atoms with E-state index in [2.05, 4.69) is 27.0 Å². The van der Waals surface area contributed by atoms with Crippen LogP contribution in [0.5, 0.6) is 0 Å². The van der Waals surface area contributed by atoms with Gasteiger partial charge in [-0.3, -0.25) is 0 Å². The fourth-order valence-corrected chi connectivity index (χ4v) is 2.07. The maximum Gasteiger partial charge on any atom is 0.137 e. The van der Waals surface area contributed by atoms with Crippen molar-refractivity contribution in [3.05, 3.63) is 12.2 Å². The summed E-state index contributed by atoms with van der Waals surface area (Å²) in [5, 5.41) is 11.6. The normalized spacial score (nSPS) is 26.0. The van der Waals surface area contributed by atoms with Gasteiger partial charge in [-0.25, -0.2) is 0 Å². The molecule has 1 N–H and O–H groups in total. The second kappa shape index (κ2) is 4.72. The van der Waals surface area contributed by atoms with Gasteiger partial charge in [-0.1, -0.05) is 6.92 Å². The van der Waals surface area contributed by atoms with Crippen molar-refractivity contribution in [3.63, 3.8) is 0 Å². The highest BCUT2D eigenvalue weighted by Gasteiger charge is 2.28. The van der Waals surface area contributed by atoms with E-state index >= 15 is 0 Å². The molecule has 5 nitrogen and oxygen atoms in total. The van der Waals surface area contributed by atoms with Gasteiger partial charge < -0.3 is 14.6 Å². The standard InChI is InChI=1S/C10H18N4O/c1-8-5-11-6-9(8)10-13-12-7-14(10)3-4-15-2/h7-9,11H,3-6H2,1-2H3/t8-,9-/m1/s1. The molecule has 0 bridgehead atoms. The van der Waals surface area contributed by atoms with Crippen LogP contribution in [0.2, 0.25) is 0 Å². The monoisotopic (exact) mass is 210 g/mol. The Morgan fingerprint density at radius 3 is 3.13 bits per heavy atom. The Bertz CT molecular complexity index is 312. The van der Waals surface area contributed by atoms with Gasteiger partial charge in [-0.05, 0) is 12.5 Å². The zero-order valence-electron chi connectivity index (χ0n) is 9.31. The van der Waals surface area contributed by atoms with E-state index in [0.29, 0.717) is 18.4 Å². The molecule has 2 heterocycles. The summed E-state index contributed by atoms with van der Waals surface area (Å²) in [6, 6.07) is 0. The van der Waals surface area contributed by atoms with Gasteiger partial charge in [0.15, 0.2) is 0 Å². The lowest BCUT2D eigenvalue weighted by Gasteiger charge is -2.14. The molecule has 2 atom stereocenters. The molecular weight excluding hydrogens is 192 g/mol. The maximum atomic E-state index is 5.07. The number of hydrogen-bond acceptors (Lipinski definition) is 4. The summed E-state index contributed by atoms with van der Waals surface area (Å²) in [7, 11) is 1.71. The molecule has 1 fully saturated rings. The molecule has 84 valence electrons. The minimum Gasteiger partial charge on any atom is -0.383 e. The highest BCUT2D eigenvalue weighted by atomic mass is 16.5. The summed E-state index contributed by atoms with van der Waals surface area (Å²) in [6.07, 6.45) is 1.79. The molecule has 0 amide bonds. The van der Waals surface area contributed by atoms with Crippen molar-refractivity contribution < 1.29 is 4.74 Å². The van der Waals surface area contributed by atoms with Gasteiger partial charge >= 0.3 is 0 Å². The molecule has 1 aliphatic rings. The highest BCUT2D eigenvalue weighted by Crippen LogP contribution is 2.25. The summed E-state index contributed by atoms with van der Waals surface area (Å²) in [5.74, 6) is 2.21. The molecule has 1 saturated heterocycles. The first kappa shape index (κ1) is 10.6. The minimum atomic E-state index is 0.490. The summed E-state index contributed by atoms with van der Waals surface area (Å²) < 4.78 is 7.16. The molecule has 1 aromatic heterocycles. The van der Waals surface area contributed by atoms with Crippen LogP contribution < -0.4 is 5.32 Å². The van der Waals surface area contributed by atoms with E-state index in [9.17, 15) is 0 Å². The second-order valence-electron chi connectivity index (χ2n) is 4.12. The average Bonchev–Trinajstić information content (AvgIpc) is 2.82. The topological polar surface area (TPSA) is 52.0 Å². The zero-order chi connectivity index (χ0) is 10.7. The van der Waals surface area contributed by atoms with E-state index in [1.165, 1.54) is 0 Å². The van der Waals surface area contributed by atoms with E-state index in [-0.39, 0.29) is 0 Å². The molecule has 1 aliphatic heterocycles. The van der Waals surface area contributed by atoms with Gasteiger partial charge in [0.2, 0.25) is 0 Å². The molecule has 0 unspecified atom stereocenters. The molecule has 1 aromatic rings. The first-order chi connectivity index (χ1) is 7.33. The largest absolute Gasteiger partial charge is 0.383 e. The van der Waals surface area contributed by atoms with Gasteiger partial charge in [-0.15, -0.1) is 10.2 Å². The van der Waals surface area contributed by atoms with E-state index in [1.54, 1.807) is 13.4 Å². The number of nitrogens with zero attached hydrogens (tertiary/aromatic N) is 3. The van der Waals surface area contributed by atoms with Crippen LogP contribution in [0.15, 0.2) is 6.33 Å². The third kappa shape index (κ3) is 2.18. The molecule has 0 radical (unpaired) electrons. The van der Waals surface area contributed by atoms with Gasteiger partial charge in [0.25, 0.3) is 0 Å². The summed E-state index contributed by atoms with van der Waals surface area (Å²) in [4.78, 5) is 0. The third-order valence-electron chi connectivity index (χ3n) is 3.03. The lowest BCUT2D eigenvalue weighted by Crippen LogP contribution is -2.16. The SMILES string of the molecule is COCCn1cnnc1[C@@H]1CNC[C@H]1C. The predicted octanol–water partition coefficient (Wildman–Crippen LogP) is 0.247. The fourth-order valence-electron chi connectivity index (χ4n) is 2.07. The van der Waals surface area contributed by atoms with Crippen LogP contribution in [0.3, 0.4) is 0 Å². The van der Waals surface area contributed by atoms with Crippen molar-refractivity contribution in [2.75, 3.05) is 26.8 Å². The van der Waals surface area contributed by atoms with Gasteiger partial charge in [-0.2, -0.15) is 0 Å². The number of nitrogens with one attached hydrogen (secondary N) is 1. The fraction of sp³-hybridized carbons (Fsp3) is 0.800. The van der Waals surface area contributed by atoms with Crippen LogP contribution in [-0.4, -0.2) is 41.6 Å². The van der Waals surface area contributed by atoms with E-state index < -0.39 is 0 Å². The van der Waals surface area contributed by atoms with Gasteiger partial charge in [0.1, 0.15) is 12.2 Å². The van der Waals surface area contributed by atoms with Crippen molar-refractivity contribution in [1.82, 2.24) is 20.1 Å². The molecule has 2 rings (SSSR count). The number of ether oxygens (including phenoxy) is 1. The maximum absolute atomic E-state index is 5.07. The molecule has 0 aliphatic carbocycles. The number of hydrogen-bond donors (Lipinski definition) is 1. The Balaban J connectivity index is 2.09. The number of rotatable bonds is 4. The smallest absolute Gasteiger partial charge is 0.137 e. The summed E-state index contributed by atoms with van der Waals surface area (Å²) in [6.45, 7) is 5.87. The van der Waals surface area contributed by atoms with Crippen molar-refractivity contribution in [2.24, 2.45) is 5.92 Å². The summed E-state index contributed by atoms with van der Waals surface area (Å²) in [5.41, 5.74) is 0. The van der Waals surface area contributed by atoms with Gasteiger partial charge in [0.05, 0.1) is 6.61 Å². The molecule has 0 aromatic carbocycles. The lowest BCUT2D eigenvalue weighted by atomic mass is 9.97. The van der Waals surface area contributed by atoms with Crippen LogP contribution in [0.1, 0.15) is 18.7 Å². The van der Waals surface area contributed by atoms with Crippen LogP contribution in [0, 0.1) is 5.92 Å². The molecule has 0 saturated carbocycles. The van der Waals surface area contributed by atoms with E-state index in [0.717, 1.165) is 25.5 Å². The van der Waals surface area contributed by atoms with Crippen LogP contribution in [-0.2, 0) is 11.3 Å². The zero-order valence-corrected chi connectivity index (χ0v) is 9.31. The molecule has 15 heavy (non-hydrogen) atoms. The minimum absolute atomic E-state index is 0.490. The second-order valence-corrected chi connectivity index (χ2v) is 4.12. The Labute approximate surface area is 89.8 Å². The van der Waals surface area contributed by atoms with E-state index in [4.69, 9.17) is 4.74 Å². The van der Waals surface area contributed by atoms with Crippen molar-refractivity contribution >= 4 is 0 Å². The quantitative estimate of drug-likeness (QED) is 0.774. The molecule has 0 spiro atoms. The number of methoxy groups -OCH3 is 1. The molecular formula is C10H18N4O. The van der Waals surface area contributed by atoms with Crippen LogP contribution in [0.25, 0.3) is 0 Å². The van der Waals surface area contributed by atoms with Gasteiger partial charge in [0, 0.05) is 26.1 Å². The van der Waals surface area contributed by atoms with Crippen molar-refractivity contribution in [3.8, 4) is 0 Å². The average molecular weight is 210 g/mol. The first-order valence-electron chi connectivity index (χ1n) is 5.40. The van der Waals surface area contributed by atoms with E-state index in [1.807, 2.05) is 0 Å². The van der Waals surface area contributed by atoms with Crippen LogP contribution in [0.4, 0.5) is 0 Å². The summed E-state index contributed by atoms with van der Waals surface area (Å²) >= 11 is 0. The Morgan fingerprint density at radius 2 is 2.47 bits per heavy atom. The van der Waals surface area contributed by atoms with Crippen molar-refractivity contribution in [1.29, 1.82) is 0 Å². The lowest BCUT2D eigenvalue weighted by molar-refractivity contribution is 0.185. The Hall–Kier alpha value is -0.940. The molecule has 5 heteroatoms. The predicted molar refractivity (Wildman–Crippen MR) is 56.7 cm³/mol. The van der Waals surface area contributed by atoms with Crippen molar-refractivity contribution in [2.45, 2.75) is 19.4 Å². The Morgan fingerprint density at radius 1 is 1.60 bits per heavy atom. The Kier molecular flexibility index (Phi) is 3.33. The third-order valence-corrected chi connectivity index (χ3v) is 3.03. The number of aromatic nitrogens is 3. The first-order valence-corrected chi connectivity index (χ1v) is 5.40.